The predicted molar refractivity (Wildman–Crippen MR) is 120 cm³/mol. The molecule has 2 rings (SSSR count). The summed E-state index contributed by atoms with van der Waals surface area (Å²) in [5, 5.41) is 14.7. The van der Waals surface area contributed by atoms with Gasteiger partial charge in [-0.05, 0) is 32.4 Å². The van der Waals surface area contributed by atoms with Crippen LogP contribution in [-0.4, -0.2) is 33.9 Å². The third-order valence-electron chi connectivity index (χ3n) is 3.94. The fraction of sp³-hybridized carbons (Fsp3) is 0.421. The second kappa shape index (κ2) is 11.6. The molecule has 0 saturated carbocycles. The van der Waals surface area contributed by atoms with E-state index in [9.17, 15) is 0 Å². The van der Waals surface area contributed by atoms with Gasteiger partial charge in [0.1, 0.15) is 11.6 Å². The van der Waals surface area contributed by atoms with Gasteiger partial charge in [0.15, 0.2) is 11.8 Å². The second-order valence-corrected chi connectivity index (χ2v) is 5.95. The summed E-state index contributed by atoms with van der Waals surface area (Å²) in [6.07, 6.45) is 1.79. The van der Waals surface area contributed by atoms with Crippen molar-refractivity contribution >= 4 is 29.9 Å². The molecule has 1 aromatic heterocycles. The molecule has 0 fully saturated rings. The molecule has 27 heavy (non-hydrogen) atoms. The summed E-state index contributed by atoms with van der Waals surface area (Å²) in [6.45, 7) is 12.0. The number of rotatable bonds is 8. The van der Waals surface area contributed by atoms with E-state index in [1.165, 1.54) is 5.56 Å². The molecular weight excluding hydrogens is 455 g/mol. The number of nitrogens with one attached hydrogen (secondary N) is 2. The maximum atomic E-state index is 5.73. The lowest BCUT2D eigenvalue weighted by molar-refractivity contribution is 0.336. The van der Waals surface area contributed by atoms with E-state index in [-0.39, 0.29) is 24.0 Å². The maximum absolute atomic E-state index is 5.73. The number of ether oxygens (including phenoxy) is 1. The molecule has 0 bridgehead atoms. The zero-order chi connectivity index (χ0) is 18.9. The van der Waals surface area contributed by atoms with Crippen LogP contribution in [0.2, 0.25) is 0 Å². The number of aromatic nitrogens is 3. The van der Waals surface area contributed by atoms with E-state index in [0.717, 1.165) is 23.0 Å². The molecule has 8 heteroatoms. The first-order chi connectivity index (χ1) is 12.5. The van der Waals surface area contributed by atoms with Crippen molar-refractivity contribution in [1.82, 2.24) is 25.4 Å². The standard InChI is InChI=1S/C19H28N6O.HI/c1-6-10-20-19(22-13-18-24-23-15(4)25(18)5)21-12-16-9-8-14(3)11-17(16)26-7-2;/h6,8-9,11H,1,7,10,12-13H2,2-5H3,(H2,20,21,22);1H. The zero-order valence-electron chi connectivity index (χ0n) is 16.5. The number of aliphatic imine (C=N–C) groups is 1. The number of guanidine groups is 1. The van der Waals surface area contributed by atoms with Crippen LogP contribution in [0.5, 0.6) is 5.75 Å². The van der Waals surface area contributed by atoms with Crippen molar-refractivity contribution in [3.05, 3.63) is 53.6 Å². The molecule has 0 aliphatic heterocycles. The molecule has 0 aliphatic rings. The van der Waals surface area contributed by atoms with Crippen LogP contribution in [0.15, 0.2) is 35.8 Å². The van der Waals surface area contributed by atoms with E-state index in [2.05, 4.69) is 51.5 Å². The molecule has 2 aromatic rings. The Morgan fingerprint density at radius 3 is 2.70 bits per heavy atom. The molecule has 0 saturated heterocycles. The van der Waals surface area contributed by atoms with Crippen molar-refractivity contribution < 1.29 is 4.74 Å². The molecule has 0 unspecified atom stereocenters. The highest BCUT2D eigenvalue weighted by Crippen LogP contribution is 2.21. The van der Waals surface area contributed by atoms with Crippen LogP contribution in [0.25, 0.3) is 0 Å². The number of aryl methyl sites for hydroxylation is 2. The molecule has 148 valence electrons. The van der Waals surface area contributed by atoms with Gasteiger partial charge in [-0.25, -0.2) is 4.99 Å². The lowest BCUT2D eigenvalue weighted by atomic mass is 10.1. The number of halogens is 1. The monoisotopic (exact) mass is 484 g/mol. The number of hydrogen-bond donors (Lipinski definition) is 2. The Bertz CT molecular complexity index is 772. The topological polar surface area (TPSA) is 76.4 Å². The van der Waals surface area contributed by atoms with Crippen molar-refractivity contribution in [1.29, 1.82) is 0 Å². The van der Waals surface area contributed by atoms with Crippen LogP contribution in [0, 0.1) is 13.8 Å². The van der Waals surface area contributed by atoms with Gasteiger partial charge in [0.2, 0.25) is 0 Å². The van der Waals surface area contributed by atoms with Crippen LogP contribution >= 0.6 is 24.0 Å². The number of benzene rings is 1. The molecule has 0 spiro atoms. The minimum absolute atomic E-state index is 0. The van der Waals surface area contributed by atoms with Gasteiger partial charge in [-0.1, -0.05) is 18.2 Å². The highest BCUT2D eigenvalue weighted by atomic mass is 127. The van der Waals surface area contributed by atoms with E-state index in [4.69, 9.17) is 4.74 Å². The number of nitrogens with zero attached hydrogens (tertiary/aromatic N) is 4. The van der Waals surface area contributed by atoms with Gasteiger partial charge in [0, 0.05) is 19.2 Å². The number of hydrogen-bond acceptors (Lipinski definition) is 4. The summed E-state index contributed by atoms with van der Waals surface area (Å²) in [5.74, 6) is 3.29. The van der Waals surface area contributed by atoms with Crippen molar-refractivity contribution in [3.8, 4) is 5.75 Å². The van der Waals surface area contributed by atoms with Crippen LogP contribution in [-0.2, 0) is 20.1 Å². The van der Waals surface area contributed by atoms with Crippen LogP contribution < -0.4 is 15.4 Å². The summed E-state index contributed by atoms with van der Waals surface area (Å²) in [5.41, 5.74) is 2.22. The largest absolute Gasteiger partial charge is 0.494 e. The van der Waals surface area contributed by atoms with Crippen molar-refractivity contribution in [2.24, 2.45) is 12.0 Å². The van der Waals surface area contributed by atoms with Crippen LogP contribution in [0.1, 0.15) is 29.7 Å². The molecule has 1 heterocycles. The summed E-state index contributed by atoms with van der Waals surface area (Å²) < 4.78 is 7.68. The lowest BCUT2D eigenvalue weighted by Gasteiger charge is -2.13. The fourth-order valence-electron chi connectivity index (χ4n) is 2.36. The van der Waals surface area contributed by atoms with Gasteiger partial charge < -0.3 is 19.9 Å². The van der Waals surface area contributed by atoms with Crippen molar-refractivity contribution in [2.75, 3.05) is 13.2 Å². The molecule has 7 nitrogen and oxygen atoms in total. The summed E-state index contributed by atoms with van der Waals surface area (Å²) in [7, 11) is 1.95. The Balaban J connectivity index is 0.00000364. The first-order valence-corrected chi connectivity index (χ1v) is 8.75. The van der Waals surface area contributed by atoms with Gasteiger partial charge in [-0.2, -0.15) is 0 Å². The Kier molecular flexibility index (Phi) is 9.84. The summed E-state index contributed by atoms with van der Waals surface area (Å²) in [4.78, 5) is 4.66. The Hall–Kier alpha value is -2.10. The van der Waals surface area contributed by atoms with Gasteiger partial charge in [-0.3, -0.25) is 0 Å². The fourth-order valence-corrected chi connectivity index (χ4v) is 2.36. The molecule has 0 amide bonds. The molecule has 1 aromatic carbocycles. The minimum Gasteiger partial charge on any atom is -0.494 e. The average Bonchev–Trinajstić information content (AvgIpc) is 2.94. The zero-order valence-corrected chi connectivity index (χ0v) is 18.8. The first kappa shape index (κ1) is 22.9. The van der Waals surface area contributed by atoms with E-state index < -0.39 is 0 Å². The SMILES string of the molecule is C=CCNC(=NCc1ccc(C)cc1OCC)NCc1nnc(C)n1C.I. The summed E-state index contributed by atoms with van der Waals surface area (Å²) >= 11 is 0. The molecule has 0 aliphatic carbocycles. The highest BCUT2D eigenvalue weighted by Gasteiger charge is 2.07. The molecule has 0 radical (unpaired) electrons. The first-order valence-electron chi connectivity index (χ1n) is 8.75. The van der Waals surface area contributed by atoms with Crippen LogP contribution in [0.3, 0.4) is 0 Å². The quantitative estimate of drug-likeness (QED) is 0.261. The smallest absolute Gasteiger partial charge is 0.192 e. The molecular formula is C19H29IN6O. The van der Waals surface area contributed by atoms with E-state index in [1.807, 2.05) is 31.5 Å². The normalized spacial score (nSPS) is 10.9. The van der Waals surface area contributed by atoms with Gasteiger partial charge >= 0.3 is 0 Å². The second-order valence-electron chi connectivity index (χ2n) is 5.95. The Morgan fingerprint density at radius 1 is 1.30 bits per heavy atom. The van der Waals surface area contributed by atoms with Crippen LogP contribution in [0.4, 0.5) is 0 Å². The minimum atomic E-state index is 0. The van der Waals surface area contributed by atoms with Crippen molar-refractivity contribution in [2.45, 2.75) is 33.9 Å². The third kappa shape index (κ3) is 6.85. The Morgan fingerprint density at radius 2 is 2.07 bits per heavy atom. The van der Waals surface area contributed by atoms with E-state index in [0.29, 0.717) is 32.2 Å². The van der Waals surface area contributed by atoms with Gasteiger partial charge in [0.25, 0.3) is 0 Å². The Labute approximate surface area is 178 Å². The van der Waals surface area contributed by atoms with Gasteiger partial charge in [-0.15, -0.1) is 40.8 Å². The molecule has 0 atom stereocenters. The molecule has 2 N–H and O–H groups in total. The van der Waals surface area contributed by atoms with Crippen molar-refractivity contribution in [3.63, 3.8) is 0 Å². The third-order valence-corrected chi connectivity index (χ3v) is 3.94. The van der Waals surface area contributed by atoms with Gasteiger partial charge in [0.05, 0.1) is 19.7 Å². The van der Waals surface area contributed by atoms with E-state index in [1.54, 1.807) is 6.08 Å². The lowest BCUT2D eigenvalue weighted by Crippen LogP contribution is -2.37. The van der Waals surface area contributed by atoms with E-state index >= 15 is 0 Å². The summed E-state index contributed by atoms with van der Waals surface area (Å²) in [6, 6.07) is 6.17. The maximum Gasteiger partial charge on any atom is 0.192 e. The highest BCUT2D eigenvalue weighted by molar-refractivity contribution is 14.0. The predicted octanol–water partition coefficient (Wildman–Crippen LogP) is 2.87. The average molecular weight is 484 g/mol.